The molecule has 0 radical (unpaired) electrons. The maximum Gasteiger partial charge on any atom is 0.434 e. The molecule has 0 aliphatic heterocycles. The molecule has 28 heavy (non-hydrogen) atoms. The van der Waals surface area contributed by atoms with Crippen LogP contribution in [0.4, 0.5) is 23.2 Å². The highest BCUT2D eigenvalue weighted by molar-refractivity contribution is 6.33. The molecule has 150 valence electrons. The lowest BCUT2D eigenvalue weighted by Gasteiger charge is -2.12. The maximum absolute atomic E-state index is 14.4. The Morgan fingerprint density at radius 1 is 1.32 bits per heavy atom. The van der Waals surface area contributed by atoms with Crippen molar-refractivity contribution in [2.75, 3.05) is 13.2 Å². The van der Waals surface area contributed by atoms with E-state index >= 15 is 0 Å². The molecule has 0 saturated carbocycles. The highest BCUT2D eigenvalue weighted by Crippen LogP contribution is 2.40. The first-order chi connectivity index (χ1) is 13.1. The molecule has 2 aromatic rings. The van der Waals surface area contributed by atoms with E-state index in [1.165, 1.54) is 6.92 Å². The van der Waals surface area contributed by atoms with Gasteiger partial charge in [-0.3, -0.25) is 10.1 Å². The Bertz CT molecular complexity index is 923. The second kappa shape index (κ2) is 8.33. The van der Waals surface area contributed by atoms with E-state index in [0.29, 0.717) is 18.5 Å². The van der Waals surface area contributed by atoms with E-state index in [1.807, 2.05) is 0 Å². The molecular weight excluding hydrogens is 414 g/mol. The number of halogens is 5. The van der Waals surface area contributed by atoms with Gasteiger partial charge in [0, 0.05) is 17.7 Å². The summed E-state index contributed by atoms with van der Waals surface area (Å²) < 4.78 is 62.7. The minimum Gasteiger partial charge on any atom is -0.475 e. The average molecular weight is 424 g/mol. The van der Waals surface area contributed by atoms with Crippen molar-refractivity contribution in [1.82, 2.24) is 9.97 Å². The first-order valence-corrected chi connectivity index (χ1v) is 7.78. The predicted octanol–water partition coefficient (Wildman–Crippen LogP) is 3.81. The van der Waals surface area contributed by atoms with Crippen molar-refractivity contribution in [2.24, 2.45) is 0 Å². The van der Waals surface area contributed by atoms with Gasteiger partial charge in [-0.1, -0.05) is 11.6 Å². The van der Waals surface area contributed by atoms with Gasteiger partial charge in [0.15, 0.2) is 12.3 Å². The van der Waals surface area contributed by atoms with Gasteiger partial charge in [0.2, 0.25) is 5.75 Å². The van der Waals surface area contributed by atoms with Crippen molar-refractivity contribution < 1.29 is 36.8 Å². The molecule has 13 heteroatoms. The van der Waals surface area contributed by atoms with Crippen molar-refractivity contribution in [2.45, 2.75) is 13.1 Å². The molecule has 1 aromatic heterocycles. The van der Waals surface area contributed by atoms with Gasteiger partial charge in [-0.15, -0.1) is 0 Å². The quantitative estimate of drug-likeness (QED) is 0.301. The molecule has 0 fully saturated rings. The first kappa shape index (κ1) is 21.3. The van der Waals surface area contributed by atoms with Crippen molar-refractivity contribution in [3.05, 3.63) is 45.1 Å². The van der Waals surface area contributed by atoms with Gasteiger partial charge in [-0.25, -0.2) is 19.2 Å². The highest BCUT2D eigenvalue weighted by atomic mass is 35.5. The van der Waals surface area contributed by atoms with E-state index in [1.54, 1.807) is 0 Å². The van der Waals surface area contributed by atoms with Gasteiger partial charge >= 0.3 is 17.8 Å². The van der Waals surface area contributed by atoms with Crippen LogP contribution in [0.3, 0.4) is 0 Å². The molecule has 0 amide bonds. The summed E-state index contributed by atoms with van der Waals surface area (Å²) in [5.41, 5.74) is -3.71. The van der Waals surface area contributed by atoms with Crippen molar-refractivity contribution in [1.29, 1.82) is 0 Å². The van der Waals surface area contributed by atoms with Crippen LogP contribution in [-0.2, 0) is 15.7 Å². The second-order valence-corrected chi connectivity index (χ2v) is 5.41. The Morgan fingerprint density at radius 2 is 2.00 bits per heavy atom. The third kappa shape index (κ3) is 4.63. The number of esters is 1. The van der Waals surface area contributed by atoms with E-state index in [0.717, 1.165) is 0 Å². The van der Waals surface area contributed by atoms with Crippen LogP contribution in [0.1, 0.15) is 12.6 Å². The molecule has 0 unspecified atom stereocenters. The van der Waals surface area contributed by atoms with E-state index < -0.39 is 62.9 Å². The molecule has 0 atom stereocenters. The summed E-state index contributed by atoms with van der Waals surface area (Å²) in [4.78, 5) is 28.1. The van der Waals surface area contributed by atoms with Gasteiger partial charge in [-0.2, -0.15) is 13.2 Å². The fourth-order valence-electron chi connectivity index (χ4n) is 2.08. The van der Waals surface area contributed by atoms with E-state index in [-0.39, 0.29) is 6.61 Å². The summed E-state index contributed by atoms with van der Waals surface area (Å²) >= 11 is 5.64. The lowest BCUT2D eigenvalue weighted by atomic mass is 10.1. The van der Waals surface area contributed by atoms with E-state index in [2.05, 4.69) is 14.7 Å². The number of aromatic nitrogens is 2. The second-order valence-electron chi connectivity index (χ2n) is 5.03. The molecule has 1 heterocycles. The van der Waals surface area contributed by atoms with Crippen LogP contribution in [0.2, 0.25) is 5.02 Å². The summed E-state index contributed by atoms with van der Waals surface area (Å²) in [6, 6.07) is 1.14. The lowest BCUT2D eigenvalue weighted by Crippen LogP contribution is -2.15. The SMILES string of the molecule is CCOC(=O)COc1cc(F)c(-c2ncnc(C(F)(F)F)c2Cl)cc1[N+](=O)[O-]. The molecule has 0 bridgehead atoms. The molecule has 8 nitrogen and oxygen atoms in total. The van der Waals surface area contributed by atoms with Crippen LogP contribution >= 0.6 is 11.6 Å². The summed E-state index contributed by atoms with van der Waals surface area (Å²) in [7, 11) is 0. The van der Waals surface area contributed by atoms with Crippen molar-refractivity contribution >= 4 is 23.3 Å². The smallest absolute Gasteiger partial charge is 0.434 e. The van der Waals surface area contributed by atoms with Crippen LogP contribution < -0.4 is 4.74 Å². The fourth-order valence-corrected chi connectivity index (χ4v) is 2.38. The number of hydrogen-bond acceptors (Lipinski definition) is 7. The number of alkyl halides is 3. The molecule has 0 spiro atoms. The molecular formula is C15H10ClF4N3O5. The minimum absolute atomic E-state index is 0.0331. The number of benzene rings is 1. The number of nitrogens with zero attached hydrogens (tertiary/aromatic N) is 3. The maximum atomic E-state index is 14.4. The largest absolute Gasteiger partial charge is 0.475 e. The zero-order valence-electron chi connectivity index (χ0n) is 13.9. The summed E-state index contributed by atoms with van der Waals surface area (Å²) in [5.74, 6) is -2.69. The van der Waals surface area contributed by atoms with Gasteiger partial charge < -0.3 is 9.47 Å². The Hall–Kier alpha value is -3.02. The monoisotopic (exact) mass is 423 g/mol. The molecule has 2 rings (SSSR count). The van der Waals surface area contributed by atoms with Gasteiger partial charge in [0.25, 0.3) is 0 Å². The molecule has 0 N–H and O–H groups in total. The number of nitro groups is 1. The van der Waals surface area contributed by atoms with Crippen LogP contribution in [0.15, 0.2) is 18.5 Å². The van der Waals surface area contributed by atoms with Crippen molar-refractivity contribution in [3.8, 4) is 17.0 Å². The zero-order chi connectivity index (χ0) is 21.1. The Morgan fingerprint density at radius 3 is 2.57 bits per heavy atom. The lowest BCUT2D eigenvalue weighted by molar-refractivity contribution is -0.385. The van der Waals surface area contributed by atoms with E-state index in [4.69, 9.17) is 16.3 Å². The number of rotatable bonds is 6. The summed E-state index contributed by atoms with van der Waals surface area (Å²) in [5, 5.41) is 10.2. The summed E-state index contributed by atoms with van der Waals surface area (Å²) in [6.45, 7) is 0.820. The Balaban J connectivity index is 2.52. The number of hydrogen-bond donors (Lipinski definition) is 0. The Labute approximate surface area is 159 Å². The number of nitro benzene ring substituents is 1. The zero-order valence-corrected chi connectivity index (χ0v) is 14.7. The van der Waals surface area contributed by atoms with Crippen LogP contribution in [0, 0.1) is 15.9 Å². The number of carbonyl (C=O) groups is 1. The molecule has 1 aromatic carbocycles. The molecule has 0 saturated heterocycles. The minimum atomic E-state index is -4.94. The number of carbonyl (C=O) groups excluding carboxylic acids is 1. The average Bonchev–Trinajstić information content (AvgIpc) is 2.59. The van der Waals surface area contributed by atoms with E-state index in [9.17, 15) is 32.5 Å². The number of ether oxygens (including phenoxy) is 2. The molecule has 0 aliphatic carbocycles. The normalized spacial score (nSPS) is 11.2. The molecule has 0 aliphatic rings. The predicted molar refractivity (Wildman–Crippen MR) is 86.2 cm³/mol. The van der Waals surface area contributed by atoms with Crippen molar-refractivity contribution in [3.63, 3.8) is 0 Å². The third-order valence-corrected chi connectivity index (χ3v) is 3.57. The first-order valence-electron chi connectivity index (χ1n) is 7.40. The topological polar surface area (TPSA) is 104 Å². The fraction of sp³-hybridized carbons (Fsp3) is 0.267. The standard InChI is InChI=1S/C15H10ClF4N3O5/c1-2-27-11(24)5-28-10-4-8(17)7(3-9(10)23(25)26)13-12(16)14(15(18,19)20)22-6-21-13/h3-4,6H,2,5H2,1H3. The van der Waals surface area contributed by atoms with Crippen LogP contribution in [0.5, 0.6) is 5.75 Å². The highest BCUT2D eigenvalue weighted by Gasteiger charge is 2.37. The van der Waals surface area contributed by atoms with Crippen LogP contribution in [0.25, 0.3) is 11.3 Å². The summed E-state index contributed by atoms with van der Waals surface area (Å²) in [6.07, 6.45) is -4.44. The van der Waals surface area contributed by atoms with Gasteiger partial charge in [0.05, 0.1) is 22.2 Å². The Kier molecular flexibility index (Phi) is 6.33. The van der Waals surface area contributed by atoms with Crippen LogP contribution in [-0.4, -0.2) is 34.1 Å². The third-order valence-electron chi connectivity index (χ3n) is 3.21. The van der Waals surface area contributed by atoms with Gasteiger partial charge in [-0.05, 0) is 6.92 Å². The van der Waals surface area contributed by atoms with Gasteiger partial charge in [0.1, 0.15) is 12.1 Å².